The van der Waals surface area contributed by atoms with Crippen LogP contribution in [0.15, 0.2) is 12.4 Å². The largest absolute Gasteiger partial charge is 0.380 e. The van der Waals surface area contributed by atoms with Crippen molar-refractivity contribution < 1.29 is 9.53 Å². The molecule has 3 heterocycles. The van der Waals surface area contributed by atoms with Gasteiger partial charge in [0.25, 0.3) is 5.91 Å². The molecule has 2 aliphatic rings. The first-order valence-corrected chi connectivity index (χ1v) is 5.41. The topological polar surface area (TPSA) is 55.3 Å². The summed E-state index contributed by atoms with van der Waals surface area (Å²) in [5.74, 6) is -0.0818. The Morgan fingerprint density at radius 3 is 2.62 bits per heavy atom. The summed E-state index contributed by atoms with van der Waals surface area (Å²) in [4.78, 5) is 21.5. The van der Waals surface area contributed by atoms with Crippen LogP contribution in [0.3, 0.4) is 0 Å². The molecule has 84 valence electrons. The van der Waals surface area contributed by atoms with E-state index in [1.807, 2.05) is 0 Å². The summed E-state index contributed by atoms with van der Waals surface area (Å²) in [5.41, 5.74) is 0.578. The normalized spacial score (nSPS) is 21.4. The van der Waals surface area contributed by atoms with Crippen molar-refractivity contribution in [2.75, 3.05) is 26.3 Å². The van der Waals surface area contributed by atoms with E-state index in [0.717, 1.165) is 26.3 Å². The third-order valence-corrected chi connectivity index (χ3v) is 3.19. The lowest BCUT2D eigenvalue weighted by Gasteiger charge is -2.54. The molecule has 0 bridgehead atoms. The van der Waals surface area contributed by atoms with Crippen molar-refractivity contribution in [3.63, 3.8) is 0 Å². The minimum atomic E-state index is -0.0818. The fraction of sp³-hybridized carbons (Fsp3) is 0.500. The van der Waals surface area contributed by atoms with Gasteiger partial charge in [0.15, 0.2) is 0 Å². The summed E-state index contributed by atoms with van der Waals surface area (Å²) in [7, 11) is 0. The molecule has 1 amide bonds. The van der Waals surface area contributed by atoms with Crippen LogP contribution in [0.1, 0.15) is 10.5 Å². The van der Waals surface area contributed by atoms with Gasteiger partial charge in [-0.25, -0.2) is 9.97 Å². The van der Waals surface area contributed by atoms with Crippen LogP contribution in [-0.4, -0.2) is 47.1 Å². The standard InChI is InChI=1S/C10H10ClN3O2/c11-8-2-12-7(1-13-8)9(15)14-3-10(4-14)5-16-6-10/h1-2H,3-6H2. The number of aromatic nitrogens is 2. The number of rotatable bonds is 1. The number of hydrogen-bond acceptors (Lipinski definition) is 4. The molecule has 0 radical (unpaired) electrons. The summed E-state index contributed by atoms with van der Waals surface area (Å²) < 4.78 is 5.15. The molecular formula is C10H10ClN3O2. The maximum atomic E-state index is 11.9. The Bertz CT molecular complexity index is 422. The zero-order chi connectivity index (χ0) is 11.2. The molecule has 16 heavy (non-hydrogen) atoms. The highest BCUT2D eigenvalue weighted by Crippen LogP contribution is 2.37. The van der Waals surface area contributed by atoms with Crippen molar-refractivity contribution in [3.8, 4) is 0 Å². The van der Waals surface area contributed by atoms with Crippen LogP contribution in [0, 0.1) is 5.41 Å². The molecule has 0 unspecified atom stereocenters. The Morgan fingerprint density at radius 2 is 2.12 bits per heavy atom. The molecule has 0 N–H and O–H groups in total. The average Bonchev–Trinajstić information content (AvgIpc) is 2.14. The molecule has 6 heteroatoms. The minimum absolute atomic E-state index is 0.0818. The van der Waals surface area contributed by atoms with E-state index in [9.17, 15) is 4.79 Å². The maximum Gasteiger partial charge on any atom is 0.274 e. The lowest BCUT2D eigenvalue weighted by atomic mass is 9.78. The van der Waals surface area contributed by atoms with Crippen molar-refractivity contribution in [3.05, 3.63) is 23.2 Å². The molecule has 2 saturated heterocycles. The van der Waals surface area contributed by atoms with E-state index in [-0.39, 0.29) is 11.3 Å². The number of ether oxygens (including phenoxy) is 1. The van der Waals surface area contributed by atoms with Crippen molar-refractivity contribution in [1.82, 2.24) is 14.9 Å². The first-order valence-electron chi connectivity index (χ1n) is 5.03. The third-order valence-electron chi connectivity index (χ3n) is 3.00. The van der Waals surface area contributed by atoms with Crippen LogP contribution in [-0.2, 0) is 4.74 Å². The van der Waals surface area contributed by atoms with E-state index in [4.69, 9.17) is 16.3 Å². The smallest absolute Gasteiger partial charge is 0.274 e. The summed E-state index contributed by atoms with van der Waals surface area (Å²) in [6.07, 6.45) is 2.80. The van der Waals surface area contributed by atoms with E-state index in [1.54, 1.807) is 4.90 Å². The minimum Gasteiger partial charge on any atom is -0.380 e. The molecule has 5 nitrogen and oxygen atoms in total. The lowest BCUT2D eigenvalue weighted by molar-refractivity contribution is -0.176. The zero-order valence-corrected chi connectivity index (χ0v) is 9.28. The Balaban J connectivity index is 1.68. The number of hydrogen-bond donors (Lipinski definition) is 0. The average molecular weight is 240 g/mol. The lowest BCUT2D eigenvalue weighted by Crippen LogP contribution is -2.67. The predicted molar refractivity (Wildman–Crippen MR) is 56.2 cm³/mol. The van der Waals surface area contributed by atoms with Crippen molar-refractivity contribution in [2.45, 2.75) is 0 Å². The molecule has 1 spiro atoms. The highest BCUT2D eigenvalue weighted by Gasteiger charge is 2.50. The first-order chi connectivity index (χ1) is 7.69. The van der Waals surface area contributed by atoms with E-state index >= 15 is 0 Å². The van der Waals surface area contributed by atoms with Gasteiger partial charge in [-0.3, -0.25) is 4.79 Å². The summed E-state index contributed by atoms with van der Waals surface area (Å²) in [5, 5.41) is 0.295. The molecule has 2 aliphatic heterocycles. The van der Waals surface area contributed by atoms with E-state index in [1.165, 1.54) is 12.4 Å². The van der Waals surface area contributed by atoms with Crippen LogP contribution in [0.4, 0.5) is 0 Å². The van der Waals surface area contributed by atoms with Gasteiger partial charge in [0, 0.05) is 13.1 Å². The number of halogens is 1. The molecule has 0 saturated carbocycles. The van der Waals surface area contributed by atoms with Crippen molar-refractivity contribution in [1.29, 1.82) is 0 Å². The zero-order valence-electron chi connectivity index (χ0n) is 8.52. The van der Waals surface area contributed by atoms with Crippen LogP contribution >= 0.6 is 11.6 Å². The fourth-order valence-corrected chi connectivity index (χ4v) is 2.16. The van der Waals surface area contributed by atoms with Gasteiger partial charge in [0.1, 0.15) is 10.8 Å². The van der Waals surface area contributed by atoms with E-state index < -0.39 is 0 Å². The van der Waals surface area contributed by atoms with E-state index in [0.29, 0.717) is 10.8 Å². The number of likely N-dealkylation sites (tertiary alicyclic amines) is 1. The fourth-order valence-electron chi connectivity index (χ4n) is 2.07. The molecular weight excluding hydrogens is 230 g/mol. The second kappa shape index (κ2) is 3.40. The number of nitrogens with zero attached hydrogens (tertiary/aromatic N) is 3. The molecule has 0 aromatic carbocycles. The molecule has 2 fully saturated rings. The van der Waals surface area contributed by atoms with Crippen LogP contribution in [0.2, 0.25) is 5.15 Å². The van der Waals surface area contributed by atoms with Gasteiger partial charge in [0.05, 0.1) is 31.0 Å². The third kappa shape index (κ3) is 1.47. The van der Waals surface area contributed by atoms with Crippen LogP contribution < -0.4 is 0 Å². The molecule has 1 aromatic rings. The van der Waals surface area contributed by atoms with Crippen LogP contribution in [0.25, 0.3) is 0 Å². The highest BCUT2D eigenvalue weighted by molar-refractivity contribution is 6.29. The monoisotopic (exact) mass is 239 g/mol. The highest BCUT2D eigenvalue weighted by atomic mass is 35.5. The quantitative estimate of drug-likeness (QED) is 0.720. The Morgan fingerprint density at radius 1 is 1.38 bits per heavy atom. The Hall–Kier alpha value is -1.20. The summed E-state index contributed by atoms with van der Waals surface area (Å²) >= 11 is 5.61. The van der Waals surface area contributed by atoms with Gasteiger partial charge in [-0.15, -0.1) is 0 Å². The summed E-state index contributed by atoms with van der Waals surface area (Å²) in [6, 6.07) is 0. The molecule has 0 aliphatic carbocycles. The van der Waals surface area contributed by atoms with E-state index in [2.05, 4.69) is 9.97 Å². The second-order valence-corrected chi connectivity index (χ2v) is 4.77. The van der Waals surface area contributed by atoms with Gasteiger partial charge in [-0.05, 0) is 0 Å². The van der Waals surface area contributed by atoms with Gasteiger partial charge in [-0.2, -0.15) is 0 Å². The Labute approximate surface area is 97.4 Å². The van der Waals surface area contributed by atoms with Gasteiger partial charge < -0.3 is 9.64 Å². The predicted octanol–water partition coefficient (Wildman–Crippen LogP) is 0.602. The molecule has 1 aromatic heterocycles. The second-order valence-electron chi connectivity index (χ2n) is 4.38. The SMILES string of the molecule is O=C(c1cnc(Cl)cn1)N1CC2(COC2)C1. The summed E-state index contributed by atoms with van der Waals surface area (Å²) in [6.45, 7) is 3.05. The van der Waals surface area contributed by atoms with Gasteiger partial charge in [-0.1, -0.05) is 11.6 Å². The van der Waals surface area contributed by atoms with Crippen molar-refractivity contribution in [2.24, 2.45) is 5.41 Å². The Kier molecular flexibility index (Phi) is 2.12. The van der Waals surface area contributed by atoms with Crippen molar-refractivity contribution >= 4 is 17.5 Å². The number of carbonyl (C=O) groups is 1. The van der Waals surface area contributed by atoms with Gasteiger partial charge in [0.2, 0.25) is 0 Å². The molecule has 0 atom stereocenters. The maximum absolute atomic E-state index is 11.9. The number of amides is 1. The first kappa shape index (κ1) is 9.99. The van der Waals surface area contributed by atoms with Crippen LogP contribution in [0.5, 0.6) is 0 Å². The number of carbonyl (C=O) groups excluding carboxylic acids is 1. The van der Waals surface area contributed by atoms with Gasteiger partial charge >= 0.3 is 0 Å². The molecule has 3 rings (SSSR count).